The van der Waals surface area contributed by atoms with E-state index in [2.05, 4.69) is 0 Å². The molecule has 2 aliphatic rings. The largest absolute Gasteiger partial charge is 0.493 e. The fourth-order valence-electron chi connectivity index (χ4n) is 2.46. The van der Waals surface area contributed by atoms with E-state index in [4.69, 9.17) is 4.74 Å². The Morgan fingerprint density at radius 3 is 2.72 bits per heavy atom. The van der Waals surface area contributed by atoms with Gasteiger partial charge in [-0.05, 0) is 23.8 Å². The molecule has 4 heteroatoms. The maximum atomic E-state index is 12.3. The molecule has 1 aromatic carbocycles. The SMILES string of the molecule is O=C1CCN(C(=O)c2ccc3c(c2)CCO3)CC1. The summed E-state index contributed by atoms with van der Waals surface area (Å²) in [5.74, 6) is 1.17. The molecule has 0 aliphatic carbocycles. The lowest BCUT2D eigenvalue weighted by Crippen LogP contribution is -2.38. The summed E-state index contributed by atoms with van der Waals surface area (Å²) >= 11 is 0. The normalized spacial score (nSPS) is 18.4. The topological polar surface area (TPSA) is 46.6 Å². The molecule has 94 valence electrons. The number of benzene rings is 1. The summed E-state index contributed by atoms with van der Waals surface area (Å²) in [6.45, 7) is 1.79. The molecule has 0 unspecified atom stereocenters. The lowest BCUT2D eigenvalue weighted by molar-refractivity contribution is -0.120. The summed E-state index contributed by atoms with van der Waals surface area (Å²) in [6.07, 6.45) is 1.84. The van der Waals surface area contributed by atoms with Gasteiger partial charge in [0.1, 0.15) is 11.5 Å². The molecule has 0 bridgehead atoms. The van der Waals surface area contributed by atoms with E-state index < -0.39 is 0 Å². The minimum Gasteiger partial charge on any atom is -0.493 e. The lowest BCUT2D eigenvalue weighted by Gasteiger charge is -2.26. The van der Waals surface area contributed by atoms with Gasteiger partial charge in [0, 0.05) is 37.9 Å². The first kappa shape index (κ1) is 11.3. The number of Topliss-reactive ketones (excluding diaryl/α,β-unsaturated/α-hetero) is 1. The molecule has 1 aromatic rings. The molecule has 0 spiro atoms. The van der Waals surface area contributed by atoms with E-state index in [9.17, 15) is 9.59 Å². The Morgan fingerprint density at radius 2 is 1.94 bits per heavy atom. The molecule has 18 heavy (non-hydrogen) atoms. The summed E-state index contributed by atoms with van der Waals surface area (Å²) in [7, 11) is 0. The zero-order chi connectivity index (χ0) is 12.5. The van der Waals surface area contributed by atoms with Crippen LogP contribution in [0.25, 0.3) is 0 Å². The Balaban J connectivity index is 1.78. The van der Waals surface area contributed by atoms with Gasteiger partial charge >= 0.3 is 0 Å². The van der Waals surface area contributed by atoms with Crippen molar-refractivity contribution in [2.75, 3.05) is 19.7 Å². The van der Waals surface area contributed by atoms with E-state index in [0.717, 1.165) is 17.7 Å². The quantitative estimate of drug-likeness (QED) is 0.752. The summed E-state index contributed by atoms with van der Waals surface area (Å²) < 4.78 is 5.42. The van der Waals surface area contributed by atoms with Crippen molar-refractivity contribution in [3.05, 3.63) is 29.3 Å². The highest BCUT2D eigenvalue weighted by atomic mass is 16.5. The van der Waals surface area contributed by atoms with Crippen molar-refractivity contribution in [3.8, 4) is 5.75 Å². The standard InChI is InChI=1S/C14H15NO3/c16-12-3-6-15(7-4-12)14(17)11-1-2-13-10(9-11)5-8-18-13/h1-2,9H,3-8H2. The fourth-order valence-corrected chi connectivity index (χ4v) is 2.46. The van der Waals surface area contributed by atoms with Crippen molar-refractivity contribution in [2.24, 2.45) is 0 Å². The molecule has 0 saturated carbocycles. The summed E-state index contributed by atoms with van der Waals surface area (Å²) in [4.78, 5) is 25.2. The first-order valence-corrected chi connectivity index (χ1v) is 6.31. The van der Waals surface area contributed by atoms with Crippen LogP contribution in [-0.2, 0) is 11.2 Å². The molecule has 4 nitrogen and oxygen atoms in total. The molecule has 2 heterocycles. The van der Waals surface area contributed by atoms with Crippen molar-refractivity contribution in [3.63, 3.8) is 0 Å². The molecular weight excluding hydrogens is 230 g/mol. The van der Waals surface area contributed by atoms with Crippen LogP contribution in [0.1, 0.15) is 28.8 Å². The second-order valence-electron chi connectivity index (χ2n) is 4.75. The first-order chi connectivity index (χ1) is 8.74. The van der Waals surface area contributed by atoms with Crippen LogP contribution in [0, 0.1) is 0 Å². The number of carbonyl (C=O) groups excluding carboxylic acids is 2. The highest BCUT2D eigenvalue weighted by Gasteiger charge is 2.23. The van der Waals surface area contributed by atoms with Crippen LogP contribution in [0.2, 0.25) is 0 Å². The molecule has 0 atom stereocenters. The van der Waals surface area contributed by atoms with Crippen molar-refractivity contribution < 1.29 is 14.3 Å². The fraction of sp³-hybridized carbons (Fsp3) is 0.429. The Morgan fingerprint density at radius 1 is 1.17 bits per heavy atom. The molecule has 0 aromatic heterocycles. The van der Waals surface area contributed by atoms with E-state index in [1.54, 1.807) is 4.90 Å². The Bertz CT molecular complexity index is 500. The maximum Gasteiger partial charge on any atom is 0.253 e. The Labute approximate surface area is 106 Å². The molecule has 0 N–H and O–H groups in total. The Kier molecular flexibility index (Phi) is 2.78. The van der Waals surface area contributed by atoms with Gasteiger partial charge in [-0.15, -0.1) is 0 Å². The van der Waals surface area contributed by atoms with Gasteiger partial charge < -0.3 is 9.64 Å². The Hall–Kier alpha value is -1.84. The third-order valence-corrected chi connectivity index (χ3v) is 3.54. The van der Waals surface area contributed by atoms with E-state index in [1.165, 1.54) is 0 Å². The number of nitrogens with zero attached hydrogens (tertiary/aromatic N) is 1. The van der Waals surface area contributed by atoms with Crippen molar-refractivity contribution in [1.82, 2.24) is 4.90 Å². The number of rotatable bonds is 1. The highest BCUT2D eigenvalue weighted by molar-refractivity contribution is 5.95. The van der Waals surface area contributed by atoms with Crippen LogP contribution < -0.4 is 4.74 Å². The van der Waals surface area contributed by atoms with Gasteiger partial charge in [0.25, 0.3) is 5.91 Å². The summed E-state index contributed by atoms with van der Waals surface area (Å²) in [6, 6.07) is 5.59. The van der Waals surface area contributed by atoms with Crippen LogP contribution in [0.3, 0.4) is 0 Å². The summed E-state index contributed by atoms with van der Waals surface area (Å²) in [5.41, 5.74) is 1.81. The van der Waals surface area contributed by atoms with Crippen LogP contribution in [-0.4, -0.2) is 36.3 Å². The average Bonchev–Trinajstić information content (AvgIpc) is 2.86. The predicted octanol–water partition coefficient (Wildman–Crippen LogP) is 1.43. The van der Waals surface area contributed by atoms with E-state index in [0.29, 0.717) is 38.1 Å². The van der Waals surface area contributed by atoms with E-state index in [-0.39, 0.29) is 11.7 Å². The van der Waals surface area contributed by atoms with Gasteiger partial charge in [-0.1, -0.05) is 0 Å². The number of amides is 1. The number of hydrogen-bond donors (Lipinski definition) is 0. The monoisotopic (exact) mass is 245 g/mol. The second-order valence-corrected chi connectivity index (χ2v) is 4.75. The highest BCUT2D eigenvalue weighted by Crippen LogP contribution is 2.26. The van der Waals surface area contributed by atoms with Gasteiger partial charge in [0.05, 0.1) is 6.61 Å². The maximum absolute atomic E-state index is 12.3. The number of ketones is 1. The predicted molar refractivity (Wildman–Crippen MR) is 65.8 cm³/mol. The molecule has 1 amide bonds. The molecule has 1 fully saturated rings. The van der Waals surface area contributed by atoms with Crippen molar-refractivity contribution in [1.29, 1.82) is 0 Å². The number of ether oxygens (including phenoxy) is 1. The minimum absolute atomic E-state index is 0.0252. The number of carbonyl (C=O) groups is 2. The number of fused-ring (bicyclic) bond motifs is 1. The third-order valence-electron chi connectivity index (χ3n) is 3.54. The second kappa shape index (κ2) is 4.44. The summed E-state index contributed by atoms with van der Waals surface area (Å²) in [5, 5.41) is 0. The average molecular weight is 245 g/mol. The van der Waals surface area contributed by atoms with Crippen LogP contribution in [0.5, 0.6) is 5.75 Å². The van der Waals surface area contributed by atoms with Gasteiger partial charge in [-0.3, -0.25) is 9.59 Å². The van der Waals surface area contributed by atoms with E-state index in [1.807, 2.05) is 18.2 Å². The van der Waals surface area contributed by atoms with Crippen LogP contribution in [0.15, 0.2) is 18.2 Å². The van der Waals surface area contributed by atoms with Gasteiger partial charge in [-0.25, -0.2) is 0 Å². The number of hydrogen-bond acceptors (Lipinski definition) is 3. The lowest BCUT2D eigenvalue weighted by atomic mass is 10.1. The molecular formula is C14H15NO3. The number of piperidine rings is 1. The molecule has 2 aliphatic heterocycles. The molecule has 1 saturated heterocycles. The zero-order valence-electron chi connectivity index (χ0n) is 10.1. The first-order valence-electron chi connectivity index (χ1n) is 6.31. The number of likely N-dealkylation sites (tertiary alicyclic amines) is 1. The molecule has 0 radical (unpaired) electrons. The van der Waals surface area contributed by atoms with Crippen LogP contribution in [0.4, 0.5) is 0 Å². The third kappa shape index (κ3) is 1.98. The van der Waals surface area contributed by atoms with Gasteiger partial charge in [0.2, 0.25) is 0 Å². The van der Waals surface area contributed by atoms with Gasteiger partial charge in [0.15, 0.2) is 0 Å². The molecule has 3 rings (SSSR count). The van der Waals surface area contributed by atoms with Crippen LogP contribution >= 0.6 is 0 Å². The van der Waals surface area contributed by atoms with E-state index >= 15 is 0 Å². The zero-order valence-corrected chi connectivity index (χ0v) is 10.1. The van der Waals surface area contributed by atoms with Crippen molar-refractivity contribution >= 4 is 11.7 Å². The smallest absolute Gasteiger partial charge is 0.253 e. The minimum atomic E-state index is 0.0252. The van der Waals surface area contributed by atoms with Gasteiger partial charge in [-0.2, -0.15) is 0 Å². The van der Waals surface area contributed by atoms with Crippen molar-refractivity contribution in [2.45, 2.75) is 19.3 Å².